The van der Waals surface area contributed by atoms with Crippen molar-refractivity contribution in [3.05, 3.63) is 70.8 Å². The van der Waals surface area contributed by atoms with Crippen LogP contribution in [0, 0.1) is 13.8 Å². The van der Waals surface area contributed by atoms with Crippen LogP contribution >= 0.6 is 0 Å². The lowest BCUT2D eigenvalue weighted by Gasteiger charge is -2.39. The van der Waals surface area contributed by atoms with Gasteiger partial charge >= 0.3 is 6.09 Å². The Labute approximate surface area is 228 Å². The van der Waals surface area contributed by atoms with Crippen molar-refractivity contribution < 1.29 is 19.1 Å². The van der Waals surface area contributed by atoms with E-state index in [4.69, 9.17) is 4.74 Å². The molecule has 38 heavy (non-hydrogen) atoms. The Hall–Kier alpha value is -3.35. The zero-order valence-corrected chi connectivity index (χ0v) is 24.6. The molecule has 0 bridgehead atoms. The van der Waals surface area contributed by atoms with E-state index in [-0.39, 0.29) is 24.3 Å². The van der Waals surface area contributed by atoms with E-state index in [0.29, 0.717) is 0 Å². The summed E-state index contributed by atoms with van der Waals surface area (Å²) in [7, 11) is 0. The molecule has 0 aromatic heterocycles. The van der Waals surface area contributed by atoms with Crippen LogP contribution in [0.15, 0.2) is 48.5 Å². The summed E-state index contributed by atoms with van der Waals surface area (Å²) in [4.78, 5) is 42.7. The molecule has 2 unspecified atom stereocenters. The third-order valence-corrected chi connectivity index (χ3v) is 5.92. The number of carbonyl (C=O) groups excluding carboxylic acids is 3. The van der Waals surface area contributed by atoms with Gasteiger partial charge < -0.3 is 20.3 Å². The number of hydrogen-bond donors (Lipinski definition) is 2. The first-order valence-electron chi connectivity index (χ1n) is 13.2. The second-order valence-electron chi connectivity index (χ2n) is 12.2. The standard InChI is InChI=1S/C31H45N3O4/c1-20(2)34(26(27(35)33-30(5,6)7)25-21(3)15-14-16-22(25)4)28(36)24(19-23-17-12-11-13-18-23)32-29(37)38-31(8,9)10/h11-18,20,24,26H,19H2,1-10H3,(H,32,37)(H,33,35). The smallest absolute Gasteiger partial charge is 0.408 e. The topological polar surface area (TPSA) is 87.7 Å². The monoisotopic (exact) mass is 523 g/mol. The molecule has 0 aliphatic carbocycles. The Balaban J connectivity index is 2.62. The van der Waals surface area contributed by atoms with Crippen molar-refractivity contribution >= 4 is 17.9 Å². The summed E-state index contributed by atoms with van der Waals surface area (Å²) in [6, 6.07) is 13.2. The van der Waals surface area contributed by atoms with E-state index < -0.39 is 29.3 Å². The van der Waals surface area contributed by atoms with Crippen LogP contribution in [0.4, 0.5) is 4.79 Å². The number of aryl methyl sites for hydroxylation is 2. The van der Waals surface area contributed by atoms with Gasteiger partial charge in [0.25, 0.3) is 0 Å². The molecule has 0 radical (unpaired) electrons. The first-order chi connectivity index (χ1) is 17.5. The largest absolute Gasteiger partial charge is 0.444 e. The van der Waals surface area contributed by atoms with Crippen LogP contribution in [0.2, 0.25) is 0 Å². The van der Waals surface area contributed by atoms with Gasteiger partial charge in [-0.3, -0.25) is 9.59 Å². The van der Waals surface area contributed by atoms with Gasteiger partial charge in [0.2, 0.25) is 11.8 Å². The molecule has 7 nitrogen and oxygen atoms in total. The highest BCUT2D eigenvalue weighted by Gasteiger charge is 2.39. The van der Waals surface area contributed by atoms with E-state index in [9.17, 15) is 14.4 Å². The highest BCUT2D eigenvalue weighted by molar-refractivity contribution is 5.93. The molecule has 7 heteroatoms. The average molecular weight is 524 g/mol. The van der Waals surface area contributed by atoms with Gasteiger partial charge in [0, 0.05) is 18.0 Å². The van der Waals surface area contributed by atoms with E-state index in [1.807, 2.05) is 97.0 Å². The number of carbonyl (C=O) groups is 3. The molecule has 0 aliphatic heterocycles. The minimum Gasteiger partial charge on any atom is -0.444 e. The van der Waals surface area contributed by atoms with E-state index in [0.717, 1.165) is 22.3 Å². The number of rotatable bonds is 8. The van der Waals surface area contributed by atoms with Crippen LogP contribution in [0.25, 0.3) is 0 Å². The van der Waals surface area contributed by atoms with Crippen molar-refractivity contribution in [1.29, 1.82) is 0 Å². The van der Waals surface area contributed by atoms with Gasteiger partial charge in [-0.05, 0) is 91.5 Å². The van der Waals surface area contributed by atoms with Crippen molar-refractivity contribution in [2.24, 2.45) is 0 Å². The van der Waals surface area contributed by atoms with Gasteiger partial charge in [-0.2, -0.15) is 0 Å². The summed E-state index contributed by atoms with van der Waals surface area (Å²) in [6.07, 6.45) is -0.430. The fourth-order valence-electron chi connectivity index (χ4n) is 4.45. The number of nitrogens with zero attached hydrogens (tertiary/aromatic N) is 1. The molecular weight excluding hydrogens is 478 g/mol. The van der Waals surface area contributed by atoms with Crippen LogP contribution in [0.1, 0.15) is 83.7 Å². The summed E-state index contributed by atoms with van der Waals surface area (Å²) in [6.45, 7) is 18.7. The van der Waals surface area contributed by atoms with Crippen molar-refractivity contribution in [3.63, 3.8) is 0 Å². The SMILES string of the molecule is Cc1cccc(C)c1C(C(=O)NC(C)(C)C)N(C(=O)C(Cc1ccccc1)NC(=O)OC(C)(C)C)C(C)C. The first kappa shape index (κ1) is 30.9. The van der Waals surface area contributed by atoms with Gasteiger partial charge in [-0.25, -0.2) is 4.79 Å². The van der Waals surface area contributed by atoms with Crippen LogP contribution in [-0.2, 0) is 20.7 Å². The molecule has 2 aromatic carbocycles. The maximum atomic E-state index is 14.4. The normalized spacial score (nSPS) is 13.4. The van der Waals surface area contributed by atoms with Crippen molar-refractivity contribution in [1.82, 2.24) is 15.5 Å². The Morgan fingerprint density at radius 3 is 1.89 bits per heavy atom. The van der Waals surface area contributed by atoms with E-state index in [1.165, 1.54) is 0 Å². The number of hydrogen-bond acceptors (Lipinski definition) is 4. The predicted octanol–water partition coefficient (Wildman–Crippen LogP) is 5.63. The molecule has 2 N–H and O–H groups in total. The van der Waals surface area contributed by atoms with E-state index in [1.54, 1.807) is 25.7 Å². The third kappa shape index (κ3) is 8.89. The minimum atomic E-state index is -0.941. The second-order valence-corrected chi connectivity index (χ2v) is 12.2. The summed E-state index contributed by atoms with van der Waals surface area (Å²) in [5, 5.41) is 5.87. The summed E-state index contributed by atoms with van der Waals surface area (Å²) in [5.41, 5.74) is 2.26. The lowest BCUT2D eigenvalue weighted by molar-refractivity contribution is -0.145. The number of alkyl carbamates (subject to hydrolysis) is 1. The molecule has 2 atom stereocenters. The second kappa shape index (κ2) is 12.5. The Morgan fingerprint density at radius 1 is 0.868 bits per heavy atom. The number of nitrogens with one attached hydrogen (secondary N) is 2. The number of amides is 3. The summed E-state index contributed by atoms with van der Waals surface area (Å²) in [5.74, 6) is -0.626. The molecule has 0 aliphatic rings. The number of benzene rings is 2. The highest BCUT2D eigenvalue weighted by Crippen LogP contribution is 2.31. The van der Waals surface area contributed by atoms with Crippen LogP contribution in [0.5, 0.6) is 0 Å². The lowest BCUT2D eigenvalue weighted by Crippen LogP contribution is -2.57. The van der Waals surface area contributed by atoms with Crippen LogP contribution < -0.4 is 10.6 Å². The summed E-state index contributed by atoms with van der Waals surface area (Å²) < 4.78 is 5.49. The van der Waals surface area contributed by atoms with Crippen molar-refractivity contribution in [3.8, 4) is 0 Å². The van der Waals surface area contributed by atoms with Gasteiger partial charge in [0.05, 0.1) is 0 Å². The maximum absolute atomic E-state index is 14.4. The average Bonchev–Trinajstić information content (AvgIpc) is 2.75. The molecule has 0 fully saturated rings. The molecule has 0 saturated carbocycles. The zero-order valence-electron chi connectivity index (χ0n) is 24.6. The van der Waals surface area contributed by atoms with Gasteiger partial charge in [0.15, 0.2) is 0 Å². The predicted molar refractivity (Wildman–Crippen MR) is 152 cm³/mol. The summed E-state index contributed by atoms with van der Waals surface area (Å²) >= 11 is 0. The van der Waals surface area contributed by atoms with Crippen LogP contribution in [-0.4, -0.2) is 46.0 Å². The molecule has 2 rings (SSSR count). The lowest BCUT2D eigenvalue weighted by atomic mass is 9.91. The molecule has 0 spiro atoms. The first-order valence-corrected chi connectivity index (χ1v) is 13.2. The molecular formula is C31H45N3O4. The molecule has 208 valence electrons. The fraction of sp³-hybridized carbons (Fsp3) is 0.516. The fourth-order valence-corrected chi connectivity index (χ4v) is 4.45. The van der Waals surface area contributed by atoms with Crippen molar-refractivity contribution in [2.75, 3.05) is 0 Å². The van der Waals surface area contributed by atoms with Crippen molar-refractivity contribution in [2.45, 2.75) is 105 Å². The third-order valence-electron chi connectivity index (χ3n) is 5.92. The maximum Gasteiger partial charge on any atom is 0.408 e. The van der Waals surface area contributed by atoms with E-state index in [2.05, 4.69) is 10.6 Å². The molecule has 0 heterocycles. The Morgan fingerprint density at radius 2 is 1.42 bits per heavy atom. The molecule has 0 saturated heterocycles. The highest BCUT2D eigenvalue weighted by atomic mass is 16.6. The zero-order chi connectivity index (χ0) is 28.8. The van der Waals surface area contributed by atoms with Gasteiger partial charge in [-0.1, -0.05) is 48.5 Å². The quantitative estimate of drug-likeness (QED) is 0.469. The Kier molecular flexibility index (Phi) is 10.1. The molecule has 2 aromatic rings. The minimum absolute atomic E-state index is 0.252. The van der Waals surface area contributed by atoms with E-state index >= 15 is 0 Å². The number of ether oxygens (including phenoxy) is 1. The van der Waals surface area contributed by atoms with Gasteiger partial charge in [-0.15, -0.1) is 0 Å². The van der Waals surface area contributed by atoms with Crippen LogP contribution in [0.3, 0.4) is 0 Å². The molecule has 3 amide bonds. The Bertz CT molecular complexity index is 1090. The van der Waals surface area contributed by atoms with Gasteiger partial charge in [0.1, 0.15) is 17.7 Å².